The Morgan fingerprint density at radius 3 is 1.71 bits per heavy atom. The average Bonchev–Trinajstić information content (AvgIpc) is 1.31. The maximum absolute atomic E-state index is 10.9. The van der Waals surface area contributed by atoms with Gasteiger partial charge in [-0.1, -0.05) is 11.6 Å². The molecule has 1 nitrogen and oxygen atoms in total. The number of hydrogen-bond acceptors (Lipinski definition) is 0. The van der Waals surface area contributed by atoms with Gasteiger partial charge in [0, 0.05) is 0 Å². The van der Waals surface area contributed by atoms with Crippen molar-refractivity contribution in [2.24, 2.45) is 0 Å². The van der Waals surface area contributed by atoms with Gasteiger partial charge in [-0.05, 0) is 0 Å². The third-order valence-corrected chi connectivity index (χ3v) is 0.508. The first kappa shape index (κ1) is 7.04. The fourth-order valence-corrected chi connectivity index (χ4v) is 0. The first-order chi connectivity index (χ1) is 2.94. The van der Waals surface area contributed by atoms with Gasteiger partial charge in [-0.25, -0.2) is 4.39 Å². The van der Waals surface area contributed by atoms with Gasteiger partial charge in [-0.3, -0.25) is 0 Å². The molecule has 0 aromatic carbocycles. The monoisotopic (exact) mass is 133 g/mol. The van der Waals surface area contributed by atoms with E-state index in [1.54, 1.807) is 0 Å². The summed E-state index contributed by atoms with van der Waals surface area (Å²) in [6.07, 6.45) is -4.65. The molecule has 0 aromatic rings. The van der Waals surface area contributed by atoms with Crippen molar-refractivity contribution in [3.8, 4) is 0 Å². The SMILES string of the molecule is [O]C(F)(F)C(F)Cl. The highest BCUT2D eigenvalue weighted by Crippen LogP contribution is 2.20. The zero-order valence-electron chi connectivity index (χ0n) is 3.00. The highest BCUT2D eigenvalue weighted by molar-refractivity contribution is 6.20. The lowest BCUT2D eigenvalue weighted by Crippen LogP contribution is -2.22. The van der Waals surface area contributed by atoms with Crippen LogP contribution in [0.25, 0.3) is 0 Å². The van der Waals surface area contributed by atoms with Crippen LogP contribution >= 0.6 is 11.6 Å². The average molecular weight is 133 g/mol. The predicted molar refractivity (Wildman–Crippen MR) is 16.4 cm³/mol. The second kappa shape index (κ2) is 1.88. The van der Waals surface area contributed by atoms with Crippen molar-refractivity contribution in [3.63, 3.8) is 0 Å². The van der Waals surface area contributed by atoms with E-state index in [1.165, 1.54) is 0 Å². The Balaban J connectivity index is 3.54. The summed E-state index contributed by atoms with van der Waals surface area (Å²) >= 11 is 4.02. The highest BCUT2D eigenvalue weighted by atomic mass is 35.5. The van der Waals surface area contributed by atoms with E-state index in [-0.39, 0.29) is 0 Å². The molecule has 0 rings (SSSR count). The van der Waals surface area contributed by atoms with Crippen molar-refractivity contribution in [2.45, 2.75) is 11.7 Å². The molecule has 7 heavy (non-hydrogen) atoms. The van der Waals surface area contributed by atoms with Gasteiger partial charge in [-0.15, -0.1) is 0 Å². The smallest absolute Gasteiger partial charge is 0.220 e. The Bertz CT molecular complexity index is 58.4. The maximum atomic E-state index is 10.9. The molecule has 0 fully saturated rings. The summed E-state index contributed by atoms with van der Waals surface area (Å²) in [6, 6.07) is 0. The normalized spacial score (nSPS) is 16.7. The van der Waals surface area contributed by atoms with Crippen LogP contribution in [0.15, 0.2) is 0 Å². The lowest BCUT2D eigenvalue weighted by Gasteiger charge is -2.02. The Labute approximate surface area is 42.7 Å². The van der Waals surface area contributed by atoms with Gasteiger partial charge in [0.2, 0.25) is 0 Å². The van der Waals surface area contributed by atoms with Gasteiger partial charge in [0.25, 0.3) is 5.63 Å². The summed E-state index contributed by atoms with van der Waals surface area (Å²) < 4.78 is 32.5. The molecule has 0 amide bonds. The van der Waals surface area contributed by atoms with Crippen LogP contribution in [0.5, 0.6) is 0 Å². The Hall–Kier alpha value is 0.0400. The largest absolute Gasteiger partial charge is 0.426 e. The molecule has 1 unspecified atom stereocenters. The topological polar surface area (TPSA) is 19.9 Å². The molecule has 0 saturated heterocycles. The fourth-order valence-electron chi connectivity index (χ4n) is 0. The van der Waals surface area contributed by atoms with Crippen LogP contribution in [-0.2, 0) is 5.11 Å². The molecule has 0 spiro atoms. The molecule has 0 aliphatic carbocycles. The molecule has 0 heterocycles. The van der Waals surface area contributed by atoms with Gasteiger partial charge < -0.3 is 0 Å². The quantitative estimate of drug-likeness (QED) is 0.484. The van der Waals surface area contributed by atoms with Gasteiger partial charge >= 0.3 is 6.11 Å². The van der Waals surface area contributed by atoms with Gasteiger partial charge in [0.05, 0.1) is 0 Å². The molecular weight excluding hydrogens is 132 g/mol. The van der Waals surface area contributed by atoms with Crippen molar-refractivity contribution in [1.82, 2.24) is 0 Å². The molecule has 0 bridgehead atoms. The molecule has 5 heteroatoms. The van der Waals surface area contributed by atoms with Crippen LogP contribution in [0.2, 0.25) is 0 Å². The molecular formula is C2HClF3O. The van der Waals surface area contributed by atoms with E-state index in [4.69, 9.17) is 5.11 Å². The zero-order valence-corrected chi connectivity index (χ0v) is 3.75. The lowest BCUT2D eigenvalue weighted by molar-refractivity contribution is -0.260. The van der Waals surface area contributed by atoms with Crippen molar-refractivity contribution in [3.05, 3.63) is 0 Å². The van der Waals surface area contributed by atoms with Crippen LogP contribution in [0.1, 0.15) is 0 Å². The number of alkyl halides is 4. The van der Waals surface area contributed by atoms with Crippen LogP contribution in [0, 0.1) is 0 Å². The van der Waals surface area contributed by atoms with E-state index in [0.29, 0.717) is 0 Å². The third kappa shape index (κ3) is 2.70. The molecule has 0 aliphatic heterocycles. The summed E-state index contributed by atoms with van der Waals surface area (Å²) in [6.45, 7) is 0. The second-order valence-electron chi connectivity index (χ2n) is 0.862. The summed E-state index contributed by atoms with van der Waals surface area (Å²) in [5, 5.41) is 8.96. The van der Waals surface area contributed by atoms with E-state index in [1.807, 2.05) is 0 Å². The van der Waals surface area contributed by atoms with Gasteiger partial charge in [-0.2, -0.15) is 13.9 Å². The van der Waals surface area contributed by atoms with E-state index >= 15 is 0 Å². The van der Waals surface area contributed by atoms with Crippen molar-refractivity contribution < 1.29 is 18.3 Å². The Morgan fingerprint density at radius 1 is 1.57 bits per heavy atom. The van der Waals surface area contributed by atoms with Crippen LogP contribution < -0.4 is 0 Å². The second-order valence-corrected chi connectivity index (χ2v) is 1.25. The van der Waals surface area contributed by atoms with Crippen molar-refractivity contribution in [2.75, 3.05) is 0 Å². The molecule has 0 saturated carbocycles. The van der Waals surface area contributed by atoms with Gasteiger partial charge in [0.15, 0.2) is 0 Å². The maximum Gasteiger partial charge on any atom is 0.426 e. The molecule has 1 atom stereocenters. The summed E-state index contributed by atoms with van der Waals surface area (Å²) in [5.74, 6) is 0. The Morgan fingerprint density at radius 2 is 1.71 bits per heavy atom. The van der Waals surface area contributed by atoms with Gasteiger partial charge in [0.1, 0.15) is 0 Å². The van der Waals surface area contributed by atoms with E-state index in [0.717, 1.165) is 0 Å². The van der Waals surface area contributed by atoms with E-state index < -0.39 is 11.7 Å². The number of hydrogen-bond donors (Lipinski definition) is 0. The molecule has 0 aromatic heterocycles. The van der Waals surface area contributed by atoms with Crippen molar-refractivity contribution in [1.29, 1.82) is 0 Å². The minimum atomic E-state index is -4.65. The summed E-state index contributed by atoms with van der Waals surface area (Å²) in [4.78, 5) is 0. The lowest BCUT2D eigenvalue weighted by atomic mass is 10.7. The zero-order chi connectivity index (χ0) is 6.08. The summed E-state index contributed by atoms with van der Waals surface area (Å²) in [7, 11) is 0. The van der Waals surface area contributed by atoms with Crippen molar-refractivity contribution >= 4 is 11.6 Å². The number of halogens is 4. The minimum absolute atomic E-state index is 3.12. The molecule has 0 aliphatic rings. The first-order valence-corrected chi connectivity index (χ1v) is 1.74. The van der Waals surface area contributed by atoms with E-state index in [9.17, 15) is 13.2 Å². The van der Waals surface area contributed by atoms with E-state index in [2.05, 4.69) is 11.6 Å². The molecule has 43 valence electrons. The highest BCUT2D eigenvalue weighted by Gasteiger charge is 2.37. The molecule has 0 N–H and O–H groups in total. The standard InChI is InChI=1S/C2HClF3O/c3-1(4)2(5,6)7/h1H. The van der Waals surface area contributed by atoms with Crippen LogP contribution in [0.4, 0.5) is 13.2 Å². The third-order valence-electron chi connectivity index (χ3n) is 0.254. The predicted octanol–water partition coefficient (Wildman–Crippen LogP) is 1.54. The minimum Gasteiger partial charge on any atom is -0.220 e. The first-order valence-electron chi connectivity index (χ1n) is 1.31. The fraction of sp³-hybridized carbons (Fsp3) is 1.00. The van der Waals surface area contributed by atoms with Crippen LogP contribution in [-0.4, -0.2) is 11.7 Å². The summed E-state index contributed by atoms with van der Waals surface area (Å²) in [5.41, 5.74) is -3.12. The van der Waals surface area contributed by atoms with Crippen LogP contribution in [0.3, 0.4) is 0 Å². The molecule has 1 radical (unpaired) electrons. The number of rotatable bonds is 1. The Kier molecular flexibility index (Phi) is 1.89.